The standard InChI is InChI=1S/C26H37N5O3/c1-3-19(17-33)31(20-8-4-5-9-20)25-23(27-2)15-28-26(30-25)29-22-13-12-18(16-32)14-24(22)34-21-10-6-7-11-21/h12-17,19-21,25,27H,3-11H2,1-2H3,(H2,28,29,30)/t19-,25?/m1/s1. The predicted octanol–water partition coefficient (Wildman–Crippen LogP) is 3.80. The lowest BCUT2D eigenvalue weighted by Gasteiger charge is -2.40. The minimum absolute atomic E-state index is 0.169. The zero-order valence-electron chi connectivity index (χ0n) is 20.3. The molecule has 1 aliphatic heterocycles. The monoisotopic (exact) mass is 467 g/mol. The van der Waals surface area contributed by atoms with Crippen molar-refractivity contribution >= 4 is 24.2 Å². The van der Waals surface area contributed by atoms with Crippen LogP contribution in [0.1, 0.15) is 75.1 Å². The highest BCUT2D eigenvalue weighted by molar-refractivity contribution is 5.97. The first-order valence-corrected chi connectivity index (χ1v) is 12.6. The van der Waals surface area contributed by atoms with Gasteiger partial charge in [-0.2, -0.15) is 0 Å². The van der Waals surface area contributed by atoms with Gasteiger partial charge in [0.2, 0.25) is 5.96 Å². The molecule has 1 heterocycles. The van der Waals surface area contributed by atoms with E-state index in [9.17, 15) is 9.59 Å². The van der Waals surface area contributed by atoms with Gasteiger partial charge in [-0.25, -0.2) is 4.99 Å². The number of rotatable bonds is 10. The molecule has 4 rings (SSSR count). The van der Waals surface area contributed by atoms with Crippen LogP contribution in [0, 0.1) is 0 Å². The van der Waals surface area contributed by atoms with Crippen LogP contribution in [0.3, 0.4) is 0 Å². The quantitative estimate of drug-likeness (QED) is 0.451. The summed E-state index contributed by atoms with van der Waals surface area (Å²) in [7, 11) is 1.88. The SMILES string of the molecule is CC[C@H](C=O)N(C1CCCC1)C1N=C(Nc2ccc(C=O)cc2OC2CCCC2)NC=C1NC. The zero-order valence-corrected chi connectivity index (χ0v) is 20.3. The maximum atomic E-state index is 12.0. The summed E-state index contributed by atoms with van der Waals surface area (Å²) in [6.07, 6.45) is 13.3. The molecule has 0 amide bonds. The average molecular weight is 468 g/mol. The van der Waals surface area contributed by atoms with Crippen LogP contribution in [0.4, 0.5) is 5.69 Å². The van der Waals surface area contributed by atoms with Gasteiger partial charge in [-0.15, -0.1) is 0 Å². The largest absolute Gasteiger partial charge is 0.488 e. The van der Waals surface area contributed by atoms with Gasteiger partial charge in [-0.1, -0.05) is 19.8 Å². The molecule has 0 bridgehead atoms. The number of likely N-dealkylation sites (N-methyl/N-ethyl adjacent to an activating group) is 1. The average Bonchev–Trinajstić information content (AvgIpc) is 3.58. The Morgan fingerprint density at radius 1 is 1.18 bits per heavy atom. The van der Waals surface area contributed by atoms with Crippen molar-refractivity contribution in [3.05, 3.63) is 35.7 Å². The molecule has 34 heavy (non-hydrogen) atoms. The molecule has 2 atom stereocenters. The van der Waals surface area contributed by atoms with Gasteiger partial charge in [-0.05, 0) is 63.1 Å². The maximum Gasteiger partial charge on any atom is 0.202 e. The van der Waals surface area contributed by atoms with E-state index in [0.29, 0.717) is 23.3 Å². The number of guanidine groups is 1. The van der Waals surface area contributed by atoms with E-state index in [1.54, 1.807) is 12.1 Å². The van der Waals surface area contributed by atoms with E-state index in [1.165, 1.54) is 25.7 Å². The smallest absolute Gasteiger partial charge is 0.202 e. The Labute approximate surface area is 202 Å². The predicted molar refractivity (Wildman–Crippen MR) is 134 cm³/mol. The molecular weight excluding hydrogens is 430 g/mol. The van der Waals surface area contributed by atoms with Gasteiger partial charge < -0.3 is 25.5 Å². The molecule has 0 saturated heterocycles. The minimum Gasteiger partial charge on any atom is -0.488 e. The van der Waals surface area contributed by atoms with Crippen LogP contribution < -0.4 is 20.7 Å². The summed E-state index contributed by atoms with van der Waals surface area (Å²) >= 11 is 0. The van der Waals surface area contributed by atoms with Gasteiger partial charge in [0, 0.05) is 24.9 Å². The molecule has 0 aromatic heterocycles. The zero-order chi connectivity index (χ0) is 23.9. The Hall–Kier alpha value is -2.87. The van der Waals surface area contributed by atoms with E-state index < -0.39 is 0 Å². The molecular formula is C26H37N5O3. The molecule has 2 aliphatic carbocycles. The molecule has 1 unspecified atom stereocenters. The molecule has 0 spiro atoms. The van der Waals surface area contributed by atoms with Crippen LogP contribution in [0.5, 0.6) is 5.75 Å². The molecule has 3 aliphatic rings. The van der Waals surface area contributed by atoms with Crippen LogP contribution in [0.25, 0.3) is 0 Å². The van der Waals surface area contributed by atoms with Crippen LogP contribution in [-0.2, 0) is 4.79 Å². The molecule has 1 aromatic rings. The number of nitrogens with one attached hydrogen (secondary N) is 3. The lowest BCUT2D eigenvalue weighted by molar-refractivity contribution is -0.114. The number of ether oxygens (including phenoxy) is 1. The third-order valence-corrected chi connectivity index (χ3v) is 7.16. The third-order valence-electron chi connectivity index (χ3n) is 7.16. The Bertz CT molecular complexity index is 919. The van der Waals surface area contributed by atoms with E-state index in [0.717, 1.165) is 56.1 Å². The van der Waals surface area contributed by atoms with E-state index in [4.69, 9.17) is 9.73 Å². The summed E-state index contributed by atoms with van der Waals surface area (Å²) in [6, 6.07) is 5.55. The molecule has 3 N–H and O–H groups in total. The van der Waals surface area contributed by atoms with Gasteiger partial charge >= 0.3 is 0 Å². The fourth-order valence-electron chi connectivity index (χ4n) is 5.30. The molecule has 0 radical (unpaired) electrons. The highest BCUT2D eigenvalue weighted by Crippen LogP contribution is 2.32. The topological polar surface area (TPSA) is 95.1 Å². The summed E-state index contributed by atoms with van der Waals surface area (Å²) < 4.78 is 6.27. The van der Waals surface area contributed by atoms with Crippen molar-refractivity contribution in [1.29, 1.82) is 0 Å². The van der Waals surface area contributed by atoms with Crippen molar-refractivity contribution in [3.8, 4) is 5.75 Å². The molecule has 184 valence electrons. The molecule has 8 nitrogen and oxygen atoms in total. The van der Waals surface area contributed by atoms with Crippen molar-refractivity contribution in [2.45, 2.75) is 89.1 Å². The fraction of sp³-hybridized carbons (Fsp3) is 0.577. The summed E-state index contributed by atoms with van der Waals surface area (Å²) in [5.41, 5.74) is 2.27. The van der Waals surface area contributed by atoms with Gasteiger partial charge in [-0.3, -0.25) is 9.69 Å². The number of carbonyl (C=O) groups is 2. The Morgan fingerprint density at radius 2 is 1.91 bits per heavy atom. The van der Waals surface area contributed by atoms with Crippen LogP contribution >= 0.6 is 0 Å². The summed E-state index contributed by atoms with van der Waals surface area (Å²) in [6.45, 7) is 2.05. The van der Waals surface area contributed by atoms with Crippen molar-refractivity contribution in [1.82, 2.24) is 15.5 Å². The number of benzene rings is 1. The summed E-state index contributed by atoms with van der Waals surface area (Å²) in [5, 5.41) is 9.89. The Kier molecular flexibility index (Phi) is 8.21. The number of carbonyl (C=O) groups excluding carboxylic acids is 2. The van der Waals surface area contributed by atoms with Crippen LogP contribution in [0.15, 0.2) is 35.1 Å². The summed E-state index contributed by atoms with van der Waals surface area (Å²) in [5.74, 6) is 1.25. The van der Waals surface area contributed by atoms with Crippen LogP contribution in [-0.4, -0.2) is 54.8 Å². The third kappa shape index (κ3) is 5.43. The van der Waals surface area contributed by atoms with E-state index in [1.807, 2.05) is 19.3 Å². The molecule has 1 aromatic carbocycles. The Morgan fingerprint density at radius 3 is 2.56 bits per heavy atom. The van der Waals surface area contributed by atoms with Crippen molar-refractivity contribution in [2.24, 2.45) is 4.99 Å². The number of aldehydes is 2. The van der Waals surface area contributed by atoms with Crippen molar-refractivity contribution in [3.63, 3.8) is 0 Å². The number of aliphatic imine (C=N–C) groups is 1. The van der Waals surface area contributed by atoms with E-state index in [-0.39, 0.29) is 18.3 Å². The number of hydrogen-bond acceptors (Lipinski definition) is 8. The molecule has 2 saturated carbocycles. The maximum absolute atomic E-state index is 12.0. The minimum atomic E-state index is -0.291. The second-order valence-corrected chi connectivity index (χ2v) is 9.37. The number of anilines is 1. The molecule has 8 heteroatoms. The fourth-order valence-corrected chi connectivity index (χ4v) is 5.30. The van der Waals surface area contributed by atoms with Crippen LogP contribution in [0.2, 0.25) is 0 Å². The first-order valence-electron chi connectivity index (χ1n) is 12.6. The Balaban J connectivity index is 1.61. The first-order chi connectivity index (χ1) is 16.7. The first kappa shape index (κ1) is 24.3. The van der Waals surface area contributed by atoms with Gasteiger partial charge in [0.1, 0.15) is 24.5 Å². The second-order valence-electron chi connectivity index (χ2n) is 9.37. The lowest BCUT2D eigenvalue weighted by atomic mass is 10.1. The highest BCUT2D eigenvalue weighted by atomic mass is 16.5. The number of nitrogens with zero attached hydrogens (tertiary/aromatic N) is 2. The highest BCUT2D eigenvalue weighted by Gasteiger charge is 2.36. The van der Waals surface area contributed by atoms with E-state index >= 15 is 0 Å². The summed E-state index contributed by atoms with van der Waals surface area (Å²) in [4.78, 5) is 30.7. The number of hydrogen-bond donors (Lipinski definition) is 3. The van der Waals surface area contributed by atoms with Gasteiger partial charge in [0.05, 0.1) is 23.5 Å². The van der Waals surface area contributed by atoms with Gasteiger partial charge in [0.15, 0.2) is 0 Å². The lowest BCUT2D eigenvalue weighted by Crippen LogP contribution is -2.53. The van der Waals surface area contributed by atoms with Gasteiger partial charge in [0.25, 0.3) is 0 Å². The second kappa shape index (κ2) is 11.5. The molecule has 2 fully saturated rings. The van der Waals surface area contributed by atoms with E-state index in [2.05, 4.69) is 27.8 Å². The van der Waals surface area contributed by atoms with Crippen molar-refractivity contribution in [2.75, 3.05) is 12.4 Å². The normalized spacial score (nSPS) is 22.0. The van der Waals surface area contributed by atoms with Crippen molar-refractivity contribution < 1.29 is 14.3 Å².